The van der Waals surface area contributed by atoms with Crippen LogP contribution in [0.4, 0.5) is 5.69 Å². The zero-order valence-electron chi connectivity index (χ0n) is 15.0. The van der Waals surface area contributed by atoms with Crippen molar-refractivity contribution in [2.24, 2.45) is 0 Å². The molecule has 1 aliphatic heterocycles. The van der Waals surface area contributed by atoms with E-state index < -0.39 is 18.2 Å². The van der Waals surface area contributed by atoms with Crippen molar-refractivity contribution in [3.05, 3.63) is 93.7 Å². The Morgan fingerprint density at radius 3 is 2.66 bits per heavy atom. The van der Waals surface area contributed by atoms with Gasteiger partial charge in [-0.1, -0.05) is 36.4 Å². The summed E-state index contributed by atoms with van der Waals surface area (Å²) >= 11 is 1.51. The second kappa shape index (κ2) is 8.12. The molecule has 144 valence electrons. The highest BCUT2D eigenvalue weighted by atomic mass is 32.1. The molecule has 1 aliphatic rings. The number of benzene rings is 2. The van der Waals surface area contributed by atoms with Crippen molar-refractivity contribution < 1.29 is 23.9 Å². The molecule has 6 nitrogen and oxygen atoms in total. The number of cyclic esters (lactones) is 1. The van der Waals surface area contributed by atoms with Gasteiger partial charge in [0.2, 0.25) is 5.91 Å². The molecule has 0 fully saturated rings. The van der Waals surface area contributed by atoms with Crippen LogP contribution < -0.4 is 5.32 Å². The fourth-order valence-corrected chi connectivity index (χ4v) is 3.47. The molecule has 0 saturated heterocycles. The van der Waals surface area contributed by atoms with E-state index in [2.05, 4.69) is 5.32 Å². The van der Waals surface area contributed by atoms with Gasteiger partial charge in [-0.05, 0) is 35.7 Å². The molecule has 1 N–H and O–H groups in total. The van der Waals surface area contributed by atoms with Gasteiger partial charge >= 0.3 is 11.9 Å². The van der Waals surface area contributed by atoms with Gasteiger partial charge in [0, 0.05) is 16.5 Å². The molecular weight excluding hydrogens is 390 g/mol. The first kappa shape index (κ1) is 18.6. The minimum absolute atomic E-state index is 0.158. The van der Waals surface area contributed by atoms with Crippen LogP contribution in [0.5, 0.6) is 0 Å². The average molecular weight is 405 g/mol. The number of thiophene rings is 1. The van der Waals surface area contributed by atoms with Gasteiger partial charge in [0.1, 0.15) is 0 Å². The Bertz CT molecular complexity index is 1100. The van der Waals surface area contributed by atoms with E-state index >= 15 is 0 Å². The van der Waals surface area contributed by atoms with E-state index in [0.29, 0.717) is 16.8 Å². The topological polar surface area (TPSA) is 81.7 Å². The second-order valence-corrected chi connectivity index (χ2v) is 7.09. The average Bonchev–Trinajstić information content (AvgIpc) is 3.36. The van der Waals surface area contributed by atoms with E-state index in [1.807, 2.05) is 17.5 Å². The lowest BCUT2D eigenvalue weighted by molar-refractivity contribution is -0.111. The van der Waals surface area contributed by atoms with Crippen LogP contribution in [0.15, 0.2) is 72.1 Å². The van der Waals surface area contributed by atoms with Crippen LogP contribution in [0.3, 0.4) is 0 Å². The summed E-state index contributed by atoms with van der Waals surface area (Å²) in [5, 5.41) is 4.59. The van der Waals surface area contributed by atoms with Gasteiger partial charge < -0.3 is 14.8 Å². The van der Waals surface area contributed by atoms with Crippen LogP contribution in [0, 0.1) is 0 Å². The minimum Gasteiger partial charge on any atom is -0.417 e. The molecule has 3 aromatic rings. The molecule has 1 atom stereocenters. The molecule has 1 amide bonds. The Balaban J connectivity index is 1.49. The van der Waals surface area contributed by atoms with Gasteiger partial charge in [0.15, 0.2) is 0 Å². The summed E-state index contributed by atoms with van der Waals surface area (Å²) in [6.45, 7) is 0. The molecule has 4 rings (SSSR count). The third-order valence-electron chi connectivity index (χ3n) is 4.21. The summed E-state index contributed by atoms with van der Waals surface area (Å²) in [6, 6.07) is 17.0. The predicted octanol–water partition coefficient (Wildman–Crippen LogP) is 4.43. The maximum absolute atomic E-state index is 12.7. The fourth-order valence-electron chi connectivity index (χ4n) is 2.85. The van der Waals surface area contributed by atoms with Crippen molar-refractivity contribution in [1.29, 1.82) is 0 Å². The number of rotatable bonds is 5. The van der Waals surface area contributed by atoms with E-state index in [1.54, 1.807) is 48.5 Å². The van der Waals surface area contributed by atoms with Gasteiger partial charge in [-0.2, -0.15) is 0 Å². The summed E-state index contributed by atoms with van der Waals surface area (Å²) in [7, 11) is 0. The van der Waals surface area contributed by atoms with Crippen LogP contribution in [0.25, 0.3) is 6.08 Å². The summed E-state index contributed by atoms with van der Waals surface area (Å²) in [5.41, 5.74) is 1.32. The van der Waals surface area contributed by atoms with E-state index in [9.17, 15) is 14.4 Å². The van der Waals surface area contributed by atoms with Crippen molar-refractivity contribution in [1.82, 2.24) is 0 Å². The smallest absolute Gasteiger partial charge is 0.343 e. The molecule has 2 aromatic carbocycles. The third kappa shape index (κ3) is 4.09. The standard InChI is InChI=1S/C22H15NO5S/c24-19(12-11-14-6-5-13-29-14)23-18-10-4-3-9-17(18)21(26)28-22-16-8-2-1-7-15(16)20(25)27-22/h1-13,22H,(H,23,24). The highest BCUT2D eigenvalue weighted by molar-refractivity contribution is 7.10. The molecule has 1 aromatic heterocycles. The first-order valence-corrected chi connectivity index (χ1v) is 9.62. The van der Waals surface area contributed by atoms with Crippen LogP contribution >= 0.6 is 11.3 Å². The van der Waals surface area contributed by atoms with Crippen molar-refractivity contribution in [2.75, 3.05) is 5.32 Å². The lowest BCUT2D eigenvalue weighted by atomic mass is 10.1. The maximum atomic E-state index is 12.7. The van der Waals surface area contributed by atoms with Crippen LogP contribution in [0.2, 0.25) is 0 Å². The number of ether oxygens (including phenoxy) is 2. The number of carbonyl (C=O) groups excluding carboxylic acids is 3. The number of para-hydroxylation sites is 1. The highest BCUT2D eigenvalue weighted by Crippen LogP contribution is 2.32. The van der Waals surface area contributed by atoms with Gasteiger partial charge in [-0.25, -0.2) is 9.59 Å². The summed E-state index contributed by atoms with van der Waals surface area (Å²) in [5.74, 6) is -1.63. The quantitative estimate of drug-likeness (QED) is 0.502. The molecule has 1 unspecified atom stereocenters. The van der Waals surface area contributed by atoms with Crippen LogP contribution in [0.1, 0.15) is 37.4 Å². The first-order valence-electron chi connectivity index (χ1n) is 8.74. The third-order valence-corrected chi connectivity index (χ3v) is 5.05. The molecular formula is C22H15NO5S. The van der Waals surface area contributed by atoms with E-state index in [4.69, 9.17) is 9.47 Å². The molecule has 29 heavy (non-hydrogen) atoms. The zero-order chi connectivity index (χ0) is 20.2. The molecule has 0 spiro atoms. The molecule has 0 aliphatic carbocycles. The predicted molar refractivity (Wildman–Crippen MR) is 108 cm³/mol. The Morgan fingerprint density at radius 2 is 1.83 bits per heavy atom. The van der Waals surface area contributed by atoms with Gasteiger partial charge in [0.25, 0.3) is 6.29 Å². The van der Waals surface area contributed by atoms with Gasteiger partial charge in [-0.15, -0.1) is 11.3 Å². The summed E-state index contributed by atoms with van der Waals surface area (Å²) < 4.78 is 10.5. The summed E-state index contributed by atoms with van der Waals surface area (Å²) in [4.78, 5) is 37.7. The largest absolute Gasteiger partial charge is 0.417 e. The Hall–Kier alpha value is -3.71. The molecule has 0 bridgehead atoms. The van der Waals surface area contributed by atoms with Gasteiger partial charge in [0.05, 0.1) is 16.8 Å². The lowest BCUT2D eigenvalue weighted by Crippen LogP contribution is -2.16. The number of esters is 2. The Labute approximate surface area is 170 Å². The van der Waals surface area contributed by atoms with Crippen molar-refractivity contribution in [2.45, 2.75) is 6.29 Å². The molecule has 0 saturated carbocycles. The maximum Gasteiger partial charge on any atom is 0.343 e. The minimum atomic E-state index is -1.12. The van der Waals surface area contributed by atoms with Crippen LogP contribution in [-0.4, -0.2) is 17.8 Å². The lowest BCUT2D eigenvalue weighted by Gasteiger charge is -2.14. The molecule has 0 radical (unpaired) electrons. The fraction of sp³-hybridized carbons (Fsp3) is 0.0455. The SMILES string of the molecule is O=C(C=Cc1cccs1)Nc1ccccc1C(=O)OC1OC(=O)c2ccccc21. The normalized spacial score (nSPS) is 15.0. The second-order valence-electron chi connectivity index (χ2n) is 6.11. The number of fused-ring (bicyclic) bond motifs is 1. The zero-order valence-corrected chi connectivity index (χ0v) is 15.8. The monoisotopic (exact) mass is 405 g/mol. The molecule has 7 heteroatoms. The number of hydrogen-bond donors (Lipinski definition) is 1. The number of hydrogen-bond acceptors (Lipinski definition) is 6. The van der Waals surface area contributed by atoms with E-state index in [1.165, 1.54) is 23.5 Å². The Morgan fingerprint density at radius 1 is 1.03 bits per heavy atom. The number of nitrogens with one attached hydrogen (secondary N) is 1. The number of anilines is 1. The number of amides is 1. The van der Waals surface area contributed by atoms with Gasteiger partial charge in [-0.3, -0.25) is 4.79 Å². The highest BCUT2D eigenvalue weighted by Gasteiger charge is 2.34. The van der Waals surface area contributed by atoms with E-state index in [-0.39, 0.29) is 11.5 Å². The van der Waals surface area contributed by atoms with Crippen molar-refractivity contribution >= 4 is 40.9 Å². The first-order chi connectivity index (χ1) is 14.1. The Kier molecular flexibility index (Phi) is 5.22. The number of carbonyl (C=O) groups is 3. The van der Waals surface area contributed by atoms with Crippen molar-refractivity contribution in [3.63, 3.8) is 0 Å². The molecule has 2 heterocycles. The van der Waals surface area contributed by atoms with E-state index in [0.717, 1.165) is 4.88 Å². The van der Waals surface area contributed by atoms with Crippen LogP contribution in [-0.2, 0) is 14.3 Å². The van der Waals surface area contributed by atoms with Crippen molar-refractivity contribution in [3.8, 4) is 0 Å². The summed E-state index contributed by atoms with van der Waals surface area (Å²) in [6.07, 6.45) is 1.97.